The minimum absolute atomic E-state index is 0.570. The van der Waals surface area contributed by atoms with E-state index < -0.39 is 0 Å². The summed E-state index contributed by atoms with van der Waals surface area (Å²) in [6.07, 6.45) is 8.64. The van der Waals surface area contributed by atoms with Crippen LogP contribution in [0.5, 0.6) is 0 Å². The lowest BCUT2D eigenvalue weighted by molar-refractivity contribution is 0.434. The average Bonchev–Trinajstić information content (AvgIpc) is 2.26. The van der Waals surface area contributed by atoms with Gasteiger partial charge in [-0.05, 0) is 54.0 Å². The molecular formula is C14H16N2. The number of rotatable bonds is 0. The van der Waals surface area contributed by atoms with Crippen LogP contribution in [0, 0.1) is 11.8 Å². The molecule has 4 N–H and O–H groups in total. The van der Waals surface area contributed by atoms with E-state index in [2.05, 4.69) is 24.3 Å². The third-order valence-corrected chi connectivity index (χ3v) is 3.63. The van der Waals surface area contributed by atoms with Crippen LogP contribution in [-0.4, -0.2) is 0 Å². The molecule has 2 aliphatic carbocycles. The van der Waals surface area contributed by atoms with E-state index in [0.717, 1.165) is 24.2 Å². The molecule has 1 aromatic carbocycles. The molecule has 16 heavy (non-hydrogen) atoms. The standard InChI is InChI=1S/C14H16N2/c15-13-3-1-9-5-12-8-14(16)4-2-10(12)6-11(9)7-13/h1-4,7-9,11H,5-6,15-16H2. The van der Waals surface area contributed by atoms with Crippen LogP contribution in [0.15, 0.2) is 42.1 Å². The summed E-state index contributed by atoms with van der Waals surface area (Å²) in [6, 6.07) is 6.26. The third-order valence-electron chi connectivity index (χ3n) is 3.63. The second kappa shape index (κ2) is 3.41. The van der Waals surface area contributed by atoms with E-state index in [1.807, 2.05) is 12.1 Å². The molecule has 0 aromatic heterocycles. The van der Waals surface area contributed by atoms with E-state index >= 15 is 0 Å². The minimum atomic E-state index is 0.570. The first kappa shape index (κ1) is 9.52. The van der Waals surface area contributed by atoms with Crippen LogP contribution in [0.3, 0.4) is 0 Å². The van der Waals surface area contributed by atoms with Crippen molar-refractivity contribution >= 4 is 5.69 Å². The maximum absolute atomic E-state index is 5.84. The van der Waals surface area contributed by atoms with Crippen molar-refractivity contribution in [3.63, 3.8) is 0 Å². The number of hydrogen-bond acceptors (Lipinski definition) is 2. The topological polar surface area (TPSA) is 52.0 Å². The fraction of sp³-hybridized carbons (Fsp3) is 0.286. The molecule has 0 saturated carbocycles. The maximum Gasteiger partial charge on any atom is 0.0316 e. The van der Waals surface area contributed by atoms with Gasteiger partial charge in [0.2, 0.25) is 0 Å². The van der Waals surface area contributed by atoms with Gasteiger partial charge in [-0.25, -0.2) is 0 Å². The highest BCUT2D eigenvalue weighted by Crippen LogP contribution is 2.35. The Bertz CT molecular complexity index is 486. The summed E-state index contributed by atoms with van der Waals surface area (Å²) in [5.41, 5.74) is 16.3. The monoisotopic (exact) mass is 212 g/mol. The van der Waals surface area contributed by atoms with Gasteiger partial charge in [-0.1, -0.05) is 18.2 Å². The maximum atomic E-state index is 5.84. The molecule has 82 valence electrons. The van der Waals surface area contributed by atoms with Crippen LogP contribution in [0.25, 0.3) is 0 Å². The Kier molecular flexibility index (Phi) is 2.03. The van der Waals surface area contributed by atoms with Gasteiger partial charge in [0.15, 0.2) is 0 Å². The van der Waals surface area contributed by atoms with Crippen molar-refractivity contribution < 1.29 is 0 Å². The van der Waals surface area contributed by atoms with E-state index in [1.165, 1.54) is 11.1 Å². The van der Waals surface area contributed by atoms with E-state index in [0.29, 0.717) is 11.8 Å². The van der Waals surface area contributed by atoms with E-state index in [9.17, 15) is 0 Å². The summed E-state index contributed by atoms with van der Waals surface area (Å²) >= 11 is 0. The van der Waals surface area contributed by atoms with Crippen LogP contribution in [0.4, 0.5) is 5.69 Å². The van der Waals surface area contributed by atoms with Gasteiger partial charge in [-0.3, -0.25) is 0 Å². The van der Waals surface area contributed by atoms with Crippen LogP contribution in [0.1, 0.15) is 11.1 Å². The van der Waals surface area contributed by atoms with Crippen molar-refractivity contribution in [3.05, 3.63) is 53.3 Å². The van der Waals surface area contributed by atoms with Crippen molar-refractivity contribution in [2.45, 2.75) is 12.8 Å². The lowest BCUT2D eigenvalue weighted by atomic mass is 9.73. The van der Waals surface area contributed by atoms with Gasteiger partial charge in [0, 0.05) is 11.4 Å². The predicted octanol–water partition coefficient (Wildman–Crippen LogP) is 2.01. The molecule has 2 aliphatic rings. The third kappa shape index (κ3) is 1.51. The highest BCUT2D eigenvalue weighted by molar-refractivity contribution is 5.47. The molecule has 2 nitrogen and oxygen atoms in total. The molecule has 0 aliphatic heterocycles. The lowest BCUT2D eigenvalue weighted by Gasteiger charge is -2.31. The fourth-order valence-corrected chi connectivity index (χ4v) is 2.78. The molecule has 2 heteroatoms. The largest absolute Gasteiger partial charge is 0.399 e. The summed E-state index contributed by atoms with van der Waals surface area (Å²) in [7, 11) is 0. The smallest absolute Gasteiger partial charge is 0.0316 e. The van der Waals surface area contributed by atoms with Gasteiger partial charge in [0.05, 0.1) is 0 Å². The first-order valence-electron chi connectivity index (χ1n) is 5.75. The molecule has 0 fully saturated rings. The molecule has 2 unspecified atom stereocenters. The number of benzene rings is 1. The number of anilines is 1. The van der Waals surface area contributed by atoms with Crippen molar-refractivity contribution in [2.24, 2.45) is 17.6 Å². The lowest BCUT2D eigenvalue weighted by Crippen LogP contribution is -2.25. The van der Waals surface area contributed by atoms with Gasteiger partial charge >= 0.3 is 0 Å². The molecule has 0 spiro atoms. The minimum Gasteiger partial charge on any atom is -0.399 e. The normalized spacial score (nSPS) is 26.9. The molecule has 2 atom stereocenters. The number of nitrogen functional groups attached to an aromatic ring is 1. The second-order valence-corrected chi connectivity index (χ2v) is 4.79. The van der Waals surface area contributed by atoms with E-state index in [4.69, 9.17) is 11.5 Å². The van der Waals surface area contributed by atoms with Gasteiger partial charge in [0.25, 0.3) is 0 Å². The zero-order valence-electron chi connectivity index (χ0n) is 9.19. The van der Waals surface area contributed by atoms with Crippen molar-refractivity contribution in [3.8, 4) is 0 Å². The second-order valence-electron chi connectivity index (χ2n) is 4.79. The van der Waals surface area contributed by atoms with Gasteiger partial charge in [-0.2, -0.15) is 0 Å². The highest BCUT2D eigenvalue weighted by atomic mass is 14.6. The van der Waals surface area contributed by atoms with Crippen molar-refractivity contribution in [1.82, 2.24) is 0 Å². The molecular weight excluding hydrogens is 196 g/mol. The molecule has 3 rings (SSSR count). The van der Waals surface area contributed by atoms with Crippen LogP contribution in [-0.2, 0) is 12.8 Å². The summed E-state index contributed by atoms with van der Waals surface area (Å²) in [5, 5.41) is 0. The summed E-state index contributed by atoms with van der Waals surface area (Å²) in [6.45, 7) is 0. The van der Waals surface area contributed by atoms with Crippen molar-refractivity contribution in [2.75, 3.05) is 5.73 Å². The number of allylic oxidation sites excluding steroid dienone is 3. The molecule has 0 saturated heterocycles. The number of nitrogens with two attached hydrogens (primary N) is 2. The summed E-state index contributed by atoms with van der Waals surface area (Å²) in [4.78, 5) is 0. The van der Waals surface area contributed by atoms with Gasteiger partial charge < -0.3 is 11.5 Å². The zero-order chi connectivity index (χ0) is 11.1. The zero-order valence-corrected chi connectivity index (χ0v) is 9.19. The fourth-order valence-electron chi connectivity index (χ4n) is 2.78. The molecule has 0 amide bonds. The van der Waals surface area contributed by atoms with Crippen molar-refractivity contribution in [1.29, 1.82) is 0 Å². The quantitative estimate of drug-likeness (QED) is 0.646. The highest BCUT2D eigenvalue weighted by Gasteiger charge is 2.27. The van der Waals surface area contributed by atoms with Crippen LogP contribution < -0.4 is 11.5 Å². The SMILES string of the molecule is NC1=CC2Cc3ccc(N)cc3CC2C=C1. The Morgan fingerprint density at radius 1 is 1.00 bits per heavy atom. The first-order chi connectivity index (χ1) is 7.72. The molecule has 0 heterocycles. The Morgan fingerprint density at radius 3 is 2.69 bits per heavy atom. The Hall–Kier alpha value is -1.70. The Morgan fingerprint density at radius 2 is 1.81 bits per heavy atom. The predicted molar refractivity (Wildman–Crippen MR) is 66.7 cm³/mol. The first-order valence-corrected chi connectivity index (χ1v) is 5.75. The molecule has 0 bridgehead atoms. The number of fused-ring (bicyclic) bond motifs is 2. The average molecular weight is 212 g/mol. The summed E-state index contributed by atoms with van der Waals surface area (Å²) in [5.74, 6) is 1.17. The Balaban J connectivity index is 1.98. The van der Waals surface area contributed by atoms with Gasteiger partial charge in [0.1, 0.15) is 0 Å². The summed E-state index contributed by atoms with van der Waals surface area (Å²) < 4.78 is 0. The van der Waals surface area contributed by atoms with E-state index in [1.54, 1.807) is 0 Å². The van der Waals surface area contributed by atoms with Crippen LogP contribution >= 0.6 is 0 Å². The molecule has 0 radical (unpaired) electrons. The Labute approximate surface area is 95.6 Å². The van der Waals surface area contributed by atoms with Crippen LogP contribution in [0.2, 0.25) is 0 Å². The van der Waals surface area contributed by atoms with E-state index in [-0.39, 0.29) is 0 Å². The number of hydrogen-bond donors (Lipinski definition) is 2. The molecule has 1 aromatic rings. The van der Waals surface area contributed by atoms with Gasteiger partial charge in [-0.15, -0.1) is 0 Å².